The molecule has 0 radical (unpaired) electrons. The van der Waals surface area contributed by atoms with Gasteiger partial charge in [-0.25, -0.2) is 14.6 Å². The van der Waals surface area contributed by atoms with E-state index in [0.717, 1.165) is 5.69 Å². The molecular formula is C10H15N3O4S. The zero-order valence-electron chi connectivity index (χ0n) is 9.79. The smallest absolute Gasteiger partial charge is 0.328 e. The molecule has 7 nitrogen and oxygen atoms in total. The Kier molecular flexibility index (Phi) is 5.53. The van der Waals surface area contributed by atoms with Crippen LogP contribution in [0.3, 0.4) is 0 Å². The molecule has 0 saturated heterocycles. The number of hydrogen-bond donors (Lipinski definition) is 4. The maximum atomic E-state index is 11.4. The second-order valence-corrected chi connectivity index (χ2v) is 4.41. The third-order valence-corrected chi connectivity index (χ3v) is 2.82. The normalized spacial score (nSPS) is 13.7. The Morgan fingerprint density at radius 1 is 1.56 bits per heavy atom. The largest absolute Gasteiger partial charge is 0.480 e. The topological polar surface area (TPSA) is 112 Å². The summed E-state index contributed by atoms with van der Waals surface area (Å²) in [7, 11) is 0. The van der Waals surface area contributed by atoms with Crippen molar-refractivity contribution >= 4 is 23.3 Å². The highest BCUT2D eigenvalue weighted by Crippen LogP contribution is 2.00. The highest BCUT2D eigenvalue weighted by Gasteiger charge is 2.24. The molecule has 8 heteroatoms. The van der Waals surface area contributed by atoms with Crippen molar-refractivity contribution < 1.29 is 19.8 Å². The van der Waals surface area contributed by atoms with Gasteiger partial charge in [0.2, 0.25) is 0 Å². The lowest BCUT2D eigenvalue weighted by Crippen LogP contribution is -2.51. The summed E-state index contributed by atoms with van der Waals surface area (Å²) in [6, 6.07) is -1.94. The molecule has 1 rings (SSSR count). The van der Waals surface area contributed by atoms with Gasteiger partial charge in [0.05, 0.1) is 17.3 Å². The number of carbonyl (C=O) groups excluding carboxylic acids is 1. The molecule has 2 unspecified atom stereocenters. The van der Waals surface area contributed by atoms with E-state index in [1.807, 2.05) is 5.38 Å². The van der Waals surface area contributed by atoms with Crippen LogP contribution in [0.1, 0.15) is 12.6 Å². The molecule has 1 aromatic rings. The van der Waals surface area contributed by atoms with E-state index in [1.54, 1.807) is 5.51 Å². The molecule has 0 bridgehead atoms. The Morgan fingerprint density at radius 3 is 2.78 bits per heavy atom. The second kappa shape index (κ2) is 6.92. The zero-order chi connectivity index (χ0) is 13.5. The van der Waals surface area contributed by atoms with Crippen LogP contribution in [-0.2, 0) is 11.2 Å². The first-order valence-corrected chi connectivity index (χ1v) is 6.27. The number of aromatic nitrogens is 1. The summed E-state index contributed by atoms with van der Waals surface area (Å²) < 4.78 is 0. The zero-order valence-corrected chi connectivity index (χ0v) is 10.6. The number of carboxylic acids is 1. The number of nitrogens with zero attached hydrogens (tertiary/aromatic N) is 1. The van der Waals surface area contributed by atoms with Gasteiger partial charge < -0.3 is 20.8 Å². The van der Waals surface area contributed by atoms with E-state index in [4.69, 9.17) is 5.11 Å². The lowest BCUT2D eigenvalue weighted by atomic mass is 10.2. The molecule has 0 aliphatic carbocycles. The molecule has 0 aromatic carbocycles. The van der Waals surface area contributed by atoms with Gasteiger partial charge in [-0.3, -0.25) is 0 Å². The third kappa shape index (κ3) is 4.68. The molecular weight excluding hydrogens is 258 g/mol. The molecule has 4 N–H and O–H groups in total. The number of aliphatic hydroxyl groups excluding tert-OH is 1. The summed E-state index contributed by atoms with van der Waals surface area (Å²) in [5, 5.41) is 24.5. The number of carbonyl (C=O) groups is 2. The van der Waals surface area contributed by atoms with Crippen molar-refractivity contribution in [3.63, 3.8) is 0 Å². The summed E-state index contributed by atoms with van der Waals surface area (Å²) in [5.74, 6) is -1.28. The Hall–Kier alpha value is -1.67. The van der Waals surface area contributed by atoms with E-state index < -0.39 is 24.1 Å². The molecule has 0 aliphatic heterocycles. The number of thiazole rings is 1. The quantitative estimate of drug-likeness (QED) is 0.574. The van der Waals surface area contributed by atoms with E-state index in [2.05, 4.69) is 15.6 Å². The van der Waals surface area contributed by atoms with Crippen LogP contribution in [0.15, 0.2) is 10.9 Å². The fraction of sp³-hybridized carbons (Fsp3) is 0.500. The number of amides is 2. The SMILES string of the molecule is CC(O)C(NC(=O)NCCc1cscn1)C(=O)O. The van der Waals surface area contributed by atoms with Gasteiger partial charge >= 0.3 is 12.0 Å². The Labute approximate surface area is 108 Å². The summed E-state index contributed by atoms with van der Waals surface area (Å²) in [6.07, 6.45) is -0.588. The first-order valence-electron chi connectivity index (χ1n) is 5.33. The van der Waals surface area contributed by atoms with Gasteiger partial charge in [-0.2, -0.15) is 0 Å². The lowest BCUT2D eigenvalue weighted by molar-refractivity contribution is -0.141. The molecule has 1 aromatic heterocycles. The van der Waals surface area contributed by atoms with E-state index in [1.165, 1.54) is 18.3 Å². The molecule has 18 heavy (non-hydrogen) atoms. The fourth-order valence-corrected chi connectivity index (χ4v) is 1.84. The van der Waals surface area contributed by atoms with E-state index in [-0.39, 0.29) is 0 Å². The van der Waals surface area contributed by atoms with Gasteiger partial charge in [-0.15, -0.1) is 11.3 Å². The van der Waals surface area contributed by atoms with Crippen LogP contribution in [0.25, 0.3) is 0 Å². The highest BCUT2D eigenvalue weighted by atomic mass is 32.1. The Balaban J connectivity index is 2.30. The maximum Gasteiger partial charge on any atom is 0.328 e. The third-order valence-electron chi connectivity index (χ3n) is 2.19. The van der Waals surface area contributed by atoms with Crippen LogP contribution in [0.5, 0.6) is 0 Å². The van der Waals surface area contributed by atoms with Gasteiger partial charge in [0.1, 0.15) is 0 Å². The fourth-order valence-electron chi connectivity index (χ4n) is 1.25. The molecule has 0 saturated carbocycles. The molecule has 2 atom stereocenters. The van der Waals surface area contributed by atoms with Gasteiger partial charge in [0, 0.05) is 18.3 Å². The predicted molar refractivity (Wildman–Crippen MR) is 65.5 cm³/mol. The highest BCUT2D eigenvalue weighted by molar-refractivity contribution is 7.07. The standard InChI is InChI=1S/C10H15N3O4S/c1-6(14)8(9(15)16)13-10(17)11-3-2-7-4-18-5-12-7/h4-6,8,14H,2-3H2,1H3,(H,15,16)(H2,11,13,17). The predicted octanol–water partition coefficient (Wildman–Crippen LogP) is -0.181. The van der Waals surface area contributed by atoms with E-state index >= 15 is 0 Å². The van der Waals surface area contributed by atoms with Crippen molar-refractivity contribution in [3.8, 4) is 0 Å². The number of nitrogens with one attached hydrogen (secondary N) is 2. The van der Waals surface area contributed by atoms with Crippen LogP contribution >= 0.6 is 11.3 Å². The van der Waals surface area contributed by atoms with Crippen LogP contribution < -0.4 is 10.6 Å². The number of rotatable bonds is 6. The van der Waals surface area contributed by atoms with Gasteiger partial charge in [-0.1, -0.05) is 0 Å². The minimum atomic E-state index is -1.32. The van der Waals surface area contributed by atoms with Crippen molar-refractivity contribution in [1.29, 1.82) is 0 Å². The molecule has 1 heterocycles. The Morgan fingerprint density at radius 2 is 2.28 bits per heavy atom. The Bertz CT molecular complexity index is 394. The van der Waals surface area contributed by atoms with Crippen LogP contribution in [0, 0.1) is 0 Å². The van der Waals surface area contributed by atoms with Crippen LogP contribution in [-0.4, -0.2) is 45.9 Å². The van der Waals surface area contributed by atoms with E-state index in [9.17, 15) is 14.7 Å². The summed E-state index contributed by atoms with van der Waals surface area (Å²) in [6.45, 7) is 1.65. The molecule has 2 amide bonds. The lowest BCUT2D eigenvalue weighted by Gasteiger charge is -2.17. The number of urea groups is 1. The molecule has 100 valence electrons. The molecule has 0 aliphatic rings. The van der Waals surface area contributed by atoms with Gasteiger partial charge in [0.25, 0.3) is 0 Å². The van der Waals surface area contributed by atoms with Gasteiger partial charge in [-0.05, 0) is 6.92 Å². The van der Waals surface area contributed by atoms with Crippen molar-refractivity contribution in [1.82, 2.24) is 15.6 Å². The molecule has 0 spiro atoms. The number of hydrogen-bond acceptors (Lipinski definition) is 5. The second-order valence-electron chi connectivity index (χ2n) is 3.69. The molecule has 0 fully saturated rings. The van der Waals surface area contributed by atoms with Crippen molar-refractivity contribution in [2.45, 2.75) is 25.5 Å². The maximum absolute atomic E-state index is 11.4. The van der Waals surface area contributed by atoms with Crippen molar-refractivity contribution in [3.05, 3.63) is 16.6 Å². The van der Waals surface area contributed by atoms with Crippen molar-refractivity contribution in [2.75, 3.05) is 6.54 Å². The first kappa shape index (κ1) is 14.4. The van der Waals surface area contributed by atoms with Crippen molar-refractivity contribution in [2.24, 2.45) is 0 Å². The average Bonchev–Trinajstić information content (AvgIpc) is 2.78. The summed E-state index contributed by atoms with van der Waals surface area (Å²) in [5.41, 5.74) is 2.56. The number of aliphatic carboxylic acids is 1. The minimum absolute atomic E-state index is 0.349. The monoisotopic (exact) mass is 273 g/mol. The van der Waals surface area contributed by atoms with Gasteiger partial charge in [0.15, 0.2) is 6.04 Å². The van der Waals surface area contributed by atoms with Crippen LogP contribution in [0.4, 0.5) is 4.79 Å². The first-order chi connectivity index (χ1) is 8.50. The minimum Gasteiger partial charge on any atom is -0.480 e. The summed E-state index contributed by atoms with van der Waals surface area (Å²) >= 11 is 1.47. The average molecular weight is 273 g/mol. The van der Waals surface area contributed by atoms with Crippen LogP contribution in [0.2, 0.25) is 0 Å². The summed E-state index contributed by atoms with van der Waals surface area (Å²) in [4.78, 5) is 26.1. The van der Waals surface area contributed by atoms with E-state index in [0.29, 0.717) is 13.0 Å². The number of aliphatic hydroxyl groups is 1. The number of carboxylic acid groups (broad SMARTS) is 1.